The van der Waals surface area contributed by atoms with E-state index >= 15 is 0 Å². The number of amides is 2. The largest absolute Gasteiger partial charge is 0.394 e. The van der Waals surface area contributed by atoms with Crippen LogP contribution >= 0.6 is 15.9 Å². The quantitative estimate of drug-likeness (QED) is 0.360. The molecular formula is C19H21BrF2N6O3. The van der Waals surface area contributed by atoms with Crippen LogP contribution in [0, 0.1) is 23.1 Å². The van der Waals surface area contributed by atoms with Crippen LogP contribution in [0.2, 0.25) is 0 Å². The minimum absolute atomic E-state index is 0.0237. The van der Waals surface area contributed by atoms with E-state index in [1.54, 1.807) is 0 Å². The van der Waals surface area contributed by atoms with Gasteiger partial charge in [0.25, 0.3) is 0 Å². The molecule has 0 saturated carbocycles. The molecule has 1 aliphatic heterocycles. The van der Waals surface area contributed by atoms with Crippen molar-refractivity contribution < 1.29 is 23.5 Å². The van der Waals surface area contributed by atoms with Crippen molar-refractivity contribution in [1.82, 2.24) is 14.7 Å². The number of likely N-dealkylation sites (tertiary alicyclic amines) is 1. The summed E-state index contributed by atoms with van der Waals surface area (Å²) in [5.41, 5.74) is 0.320. The molecule has 4 N–H and O–H groups in total. The van der Waals surface area contributed by atoms with E-state index in [1.165, 1.54) is 29.3 Å². The third-order valence-corrected chi connectivity index (χ3v) is 5.52. The fourth-order valence-corrected chi connectivity index (χ4v) is 3.61. The lowest BCUT2D eigenvalue weighted by atomic mass is 9.92. The Morgan fingerprint density at radius 1 is 1.26 bits per heavy atom. The van der Waals surface area contributed by atoms with Crippen LogP contribution in [0.4, 0.5) is 25.0 Å². The fourth-order valence-electron chi connectivity index (χ4n) is 3.23. The number of ketones is 1. The fraction of sp³-hybridized carbons (Fsp3) is 0.368. The molecular weight excluding hydrogens is 478 g/mol. The molecule has 0 atom stereocenters. The van der Waals surface area contributed by atoms with E-state index in [0.717, 1.165) is 4.68 Å². The number of aromatic nitrogens is 2. The number of halogens is 3. The third kappa shape index (κ3) is 5.44. The van der Waals surface area contributed by atoms with Crippen LogP contribution in [0.3, 0.4) is 0 Å². The van der Waals surface area contributed by atoms with E-state index in [0.29, 0.717) is 18.5 Å². The van der Waals surface area contributed by atoms with Crippen molar-refractivity contribution in [2.45, 2.75) is 19.4 Å². The van der Waals surface area contributed by atoms with Crippen molar-refractivity contribution >= 4 is 45.0 Å². The summed E-state index contributed by atoms with van der Waals surface area (Å²) in [4.78, 5) is 26.4. The zero-order valence-corrected chi connectivity index (χ0v) is 18.0. The highest BCUT2D eigenvalue weighted by atomic mass is 79.9. The zero-order chi connectivity index (χ0) is 22.5. The highest BCUT2D eigenvalue weighted by molar-refractivity contribution is 9.10. The van der Waals surface area contributed by atoms with E-state index in [1.807, 2.05) is 0 Å². The maximum atomic E-state index is 14.1. The summed E-state index contributed by atoms with van der Waals surface area (Å²) in [5, 5.41) is 25.7. The Balaban J connectivity index is 1.51. The highest BCUT2D eigenvalue weighted by Gasteiger charge is 2.30. The molecule has 3 rings (SSSR count). The molecule has 9 nitrogen and oxygen atoms in total. The van der Waals surface area contributed by atoms with Crippen molar-refractivity contribution in [3.05, 3.63) is 40.6 Å². The second-order valence-electron chi connectivity index (χ2n) is 6.98. The number of carbonyl (C=O) groups is 2. The Labute approximate surface area is 185 Å². The number of anilines is 2. The summed E-state index contributed by atoms with van der Waals surface area (Å²) in [6.45, 7) is 0.230. The maximum absolute atomic E-state index is 14.1. The monoisotopic (exact) mass is 498 g/mol. The Kier molecular flexibility index (Phi) is 7.33. The van der Waals surface area contributed by atoms with E-state index in [2.05, 4.69) is 31.7 Å². The molecule has 1 aliphatic rings. The molecule has 1 aromatic carbocycles. The predicted octanol–water partition coefficient (Wildman–Crippen LogP) is 2.82. The molecule has 1 fully saturated rings. The van der Waals surface area contributed by atoms with Crippen LogP contribution in [-0.4, -0.2) is 57.1 Å². The van der Waals surface area contributed by atoms with Crippen molar-refractivity contribution in [1.29, 1.82) is 5.41 Å². The lowest BCUT2D eigenvalue weighted by Crippen LogP contribution is -2.44. The number of nitrogens with one attached hydrogen (secondary N) is 3. The molecule has 0 radical (unpaired) electrons. The van der Waals surface area contributed by atoms with Gasteiger partial charge in [-0.3, -0.25) is 10.2 Å². The third-order valence-electron chi connectivity index (χ3n) is 4.92. The van der Waals surface area contributed by atoms with Gasteiger partial charge in [-0.05, 0) is 47.0 Å². The minimum Gasteiger partial charge on any atom is -0.394 e. The van der Waals surface area contributed by atoms with Crippen LogP contribution in [0.15, 0.2) is 28.9 Å². The molecule has 2 aromatic rings. The van der Waals surface area contributed by atoms with E-state index in [4.69, 9.17) is 10.5 Å². The lowest BCUT2D eigenvalue weighted by molar-refractivity contribution is -0.117. The number of amidine groups is 1. The van der Waals surface area contributed by atoms with Gasteiger partial charge in [0, 0.05) is 24.7 Å². The van der Waals surface area contributed by atoms with Crippen LogP contribution < -0.4 is 10.6 Å². The first-order valence-electron chi connectivity index (χ1n) is 9.53. The smallest absolute Gasteiger partial charge is 0.322 e. The summed E-state index contributed by atoms with van der Waals surface area (Å²) >= 11 is 3.05. The van der Waals surface area contributed by atoms with Gasteiger partial charge in [-0.15, -0.1) is 0 Å². The molecule has 0 aliphatic carbocycles. The first-order chi connectivity index (χ1) is 14.8. The molecule has 1 aromatic heterocycles. The highest BCUT2D eigenvalue weighted by Crippen LogP contribution is 2.23. The van der Waals surface area contributed by atoms with Gasteiger partial charge in [0.05, 0.1) is 23.8 Å². The van der Waals surface area contributed by atoms with Gasteiger partial charge in [-0.2, -0.15) is 9.49 Å². The van der Waals surface area contributed by atoms with Gasteiger partial charge in [0.1, 0.15) is 11.5 Å². The number of rotatable bonds is 6. The topological polar surface area (TPSA) is 123 Å². The van der Waals surface area contributed by atoms with Gasteiger partial charge in [-0.1, -0.05) is 0 Å². The summed E-state index contributed by atoms with van der Waals surface area (Å²) in [6.07, 6.45) is 1.88. The van der Waals surface area contributed by atoms with E-state index < -0.39 is 29.5 Å². The van der Waals surface area contributed by atoms with Gasteiger partial charge >= 0.3 is 6.03 Å². The summed E-state index contributed by atoms with van der Waals surface area (Å²) in [7, 11) is 0. The van der Waals surface area contributed by atoms with Gasteiger partial charge in [-0.25, -0.2) is 13.9 Å². The van der Waals surface area contributed by atoms with Crippen LogP contribution in [-0.2, 0) is 11.3 Å². The second kappa shape index (κ2) is 9.96. The molecule has 2 amide bonds. The van der Waals surface area contributed by atoms with Gasteiger partial charge < -0.3 is 20.6 Å². The number of aliphatic hydroxyl groups is 1. The number of benzene rings is 1. The first-order valence-corrected chi connectivity index (χ1v) is 10.3. The molecule has 1 saturated heterocycles. The Morgan fingerprint density at radius 2 is 1.97 bits per heavy atom. The van der Waals surface area contributed by atoms with Crippen molar-refractivity contribution in [2.75, 3.05) is 30.3 Å². The number of Topliss-reactive ketones (excluding diaryl/α,β-unsaturated/α-hetero) is 1. The van der Waals surface area contributed by atoms with Crippen LogP contribution in [0.5, 0.6) is 0 Å². The first kappa shape index (κ1) is 22.8. The Morgan fingerprint density at radius 3 is 2.61 bits per heavy atom. The molecule has 0 unspecified atom stereocenters. The Hall–Kier alpha value is -2.86. The standard InChI is InChI=1S/C19H21BrF2N6O3/c20-13-9-12(1-2-14(13)21)25-18(23)16(30)11-3-5-27(6-4-11)19(31)26-15-10-24-28(7-8-29)17(15)22/h1-2,9-11,29H,3-8H2,(H2,23,25)(H,26,31). The van der Waals surface area contributed by atoms with Crippen LogP contribution in [0.25, 0.3) is 0 Å². The lowest BCUT2D eigenvalue weighted by Gasteiger charge is -2.31. The summed E-state index contributed by atoms with van der Waals surface area (Å²) in [5.74, 6) is -2.33. The van der Waals surface area contributed by atoms with Crippen molar-refractivity contribution in [2.24, 2.45) is 5.92 Å². The number of piperidine rings is 1. The zero-order valence-electron chi connectivity index (χ0n) is 16.4. The van der Waals surface area contributed by atoms with E-state index in [9.17, 15) is 18.4 Å². The SMILES string of the molecule is N=C(Nc1ccc(F)c(Br)c1)C(=O)C1CCN(C(=O)Nc2cnn(CCO)c2F)CC1. The van der Waals surface area contributed by atoms with Crippen molar-refractivity contribution in [3.8, 4) is 0 Å². The number of hydrogen-bond donors (Lipinski definition) is 4. The number of aliphatic hydroxyl groups excluding tert-OH is 1. The van der Waals surface area contributed by atoms with Crippen molar-refractivity contribution in [3.63, 3.8) is 0 Å². The normalized spacial score (nSPS) is 14.4. The minimum atomic E-state index is -0.751. The van der Waals surface area contributed by atoms with Gasteiger partial charge in [0.15, 0.2) is 5.84 Å². The molecule has 12 heteroatoms. The molecule has 31 heavy (non-hydrogen) atoms. The Bertz CT molecular complexity index is 991. The molecule has 166 valence electrons. The molecule has 0 spiro atoms. The predicted molar refractivity (Wildman–Crippen MR) is 113 cm³/mol. The summed E-state index contributed by atoms with van der Waals surface area (Å²) < 4.78 is 28.6. The molecule has 2 heterocycles. The number of hydrogen-bond acceptors (Lipinski definition) is 5. The number of carbonyl (C=O) groups excluding carboxylic acids is 2. The maximum Gasteiger partial charge on any atom is 0.322 e. The summed E-state index contributed by atoms with van der Waals surface area (Å²) in [6, 6.07) is 3.57. The molecule has 0 bridgehead atoms. The van der Waals surface area contributed by atoms with Crippen LogP contribution in [0.1, 0.15) is 12.8 Å². The average Bonchev–Trinajstić information content (AvgIpc) is 3.10. The second-order valence-corrected chi connectivity index (χ2v) is 7.83. The number of nitrogens with zero attached hydrogens (tertiary/aromatic N) is 3. The van der Waals surface area contributed by atoms with E-state index in [-0.39, 0.29) is 42.2 Å². The number of urea groups is 1. The average molecular weight is 499 g/mol. The van der Waals surface area contributed by atoms with Gasteiger partial charge in [0.2, 0.25) is 11.7 Å².